The van der Waals surface area contributed by atoms with E-state index in [-0.39, 0.29) is 22.6 Å². The minimum Gasteiger partial charge on any atom is -0.478 e. The van der Waals surface area contributed by atoms with E-state index in [2.05, 4.69) is 40.1 Å². The summed E-state index contributed by atoms with van der Waals surface area (Å²) in [6.07, 6.45) is 6.09. The molecule has 0 radical (unpaired) electrons. The molecule has 3 rings (SSSR count). The summed E-state index contributed by atoms with van der Waals surface area (Å²) < 4.78 is 0. The van der Waals surface area contributed by atoms with Crippen LogP contribution in [0.2, 0.25) is 0 Å². The Hall–Kier alpha value is -3.40. The Morgan fingerprint density at radius 2 is 2.15 bits per heavy atom. The molecule has 0 fully saturated rings. The highest BCUT2D eigenvalue weighted by atomic mass is 16.4. The summed E-state index contributed by atoms with van der Waals surface area (Å²) in [4.78, 5) is 33.6. The number of allylic oxidation sites excluding steroid dienone is 2. The number of hydrogen-bond donors (Lipinski definition) is 3. The van der Waals surface area contributed by atoms with Crippen LogP contribution < -0.4 is 5.32 Å². The highest BCUT2D eigenvalue weighted by Crippen LogP contribution is 2.40. The summed E-state index contributed by atoms with van der Waals surface area (Å²) in [5.41, 5.74) is 2.63. The number of aromatic carboxylic acids is 1. The van der Waals surface area contributed by atoms with Gasteiger partial charge in [0, 0.05) is 11.3 Å². The maximum absolute atomic E-state index is 12.5. The van der Waals surface area contributed by atoms with Gasteiger partial charge in [-0.2, -0.15) is 0 Å². The third kappa shape index (κ3) is 4.06. The van der Waals surface area contributed by atoms with E-state index in [9.17, 15) is 14.7 Å². The lowest BCUT2D eigenvalue weighted by atomic mass is 9.76. The number of carboxylic acids is 1. The smallest absolute Gasteiger partial charge is 0.335 e. The lowest BCUT2D eigenvalue weighted by Gasteiger charge is -2.29. The molecule has 0 atom stereocenters. The van der Waals surface area contributed by atoms with Crippen molar-refractivity contribution in [2.24, 2.45) is 5.41 Å². The SMILES string of the molecule is [C-]#[N+]c1cnc(C(=O)Nc2ccc(C(=O)O)cc2C2=CCC(C)(C)CC2)[nH]1. The zero-order valence-electron chi connectivity index (χ0n) is 15.2. The fourth-order valence-corrected chi connectivity index (χ4v) is 3.04. The average molecular weight is 364 g/mol. The van der Waals surface area contributed by atoms with Crippen LogP contribution >= 0.6 is 0 Å². The van der Waals surface area contributed by atoms with Crippen LogP contribution in [0.5, 0.6) is 0 Å². The van der Waals surface area contributed by atoms with Crippen LogP contribution in [0, 0.1) is 12.0 Å². The van der Waals surface area contributed by atoms with Crippen LogP contribution in [-0.4, -0.2) is 27.0 Å². The minimum atomic E-state index is -1.02. The molecule has 138 valence electrons. The Morgan fingerprint density at radius 1 is 1.37 bits per heavy atom. The summed E-state index contributed by atoms with van der Waals surface area (Å²) in [6.45, 7) is 11.3. The molecule has 1 aromatic heterocycles. The van der Waals surface area contributed by atoms with Crippen molar-refractivity contribution in [2.75, 3.05) is 5.32 Å². The van der Waals surface area contributed by atoms with Gasteiger partial charge in [0.05, 0.1) is 11.8 Å². The highest BCUT2D eigenvalue weighted by molar-refractivity contribution is 6.04. The second kappa shape index (κ2) is 7.08. The second-order valence-corrected chi connectivity index (χ2v) is 7.35. The molecule has 27 heavy (non-hydrogen) atoms. The van der Waals surface area contributed by atoms with Crippen molar-refractivity contribution in [1.82, 2.24) is 9.97 Å². The average Bonchev–Trinajstić information content (AvgIpc) is 3.11. The van der Waals surface area contributed by atoms with Crippen LogP contribution in [0.4, 0.5) is 11.5 Å². The monoisotopic (exact) mass is 364 g/mol. The number of anilines is 1. The Morgan fingerprint density at radius 3 is 2.74 bits per heavy atom. The summed E-state index contributed by atoms with van der Waals surface area (Å²) in [6, 6.07) is 4.65. The molecule has 0 saturated carbocycles. The number of aromatic amines is 1. The van der Waals surface area contributed by atoms with Gasteiger partial charge in [-0.25, -0.2) is 9.78 Å². The predicted molar refractivity (Wildman–Crippen MR) is 102 cm³/mol. The number of hydrogen-bond acceptors (Lipinski definition) is 3. The quantitative estimate of drug-likeness (QED) is 0.695. The standard InChI is InChI=1S/C20H20N4O3/c1-20(2)8-6-12(7-9-20)14-10-13(19(26)27)4-5-15(14)23-18(25)17-22-11-16(21-3)24-17/h4-6,10-11H,7-9H2,1-2H3,(H,22,24)(H,23,25)(H,26,27). The van der Waals surface area contributed by atoms with E-state index in [1.807, 2.05) is 0 Å². The van der Waals surface area contributed by atoms with Gasteiger partial charge in [-0.15, -0.1) is 0 Å². The molecule has 1 heterocycles. The highest BCUT2D eigenvalue weighted by Gasteiger charge is 2.24. The first-order valence-corrected chi connectivity index (χ1v) is 8.60. The van der Waals surface area contributed by atoms with E-state index in [4.69, 9.17) is 6.57 Å². The zero-order valence-corrected chi connectivity index (χ0v) is 15.2. The lowest BCUT2D eigenvalue weighted by molar-refractivity contribution is 0.0696. The van der Waals surface area contributed by atoms with Gasteiger partial charge in [0.1, 0.15) is 0 Å². The molecule has 1 aromatic carbocycles. The molecule has 3 N–H and O–H groups in total. The van der Waals surface area contributed by atoms with Gasteiger partial charge in [-0.3, -0.25) is 9.78 Å². The third-order valence-electron chi connectivity index (χ3n) is 4.73. The van der Waals surface area contributed by atoms with Crippen molar-refractivity contribution in [3.8, 4) is 0 Å². The van der Waals surface area contributed by atoms with Gasteiger partial charge in [0.2, 0.25) is 5.82 Å². The van der Waals surface area contributed by atoms with E-state index < -0.39 is 11.9 Å². The molecule has 2 aromatic rings. The van der Waals surface area contributed by atoms with E-state index in [1.165, 1.54) is 12.3 Å². The Kier molecular flexibility index (Phi) is 4.82. The minimum absolute atomic E-state index is 0.0352. The van der Waals surface area contributed by atoms with Crippen molar-refractivity contribution in [2.45, 2.75) is 33.1 Å². The number of amides is 1. The van der Waals surface area contributed by atoms with Crippen molar-refractivity contribution < 1.29 is 14.7 Å². The molecule has 7 heteroatoms. The first-order chi connectivity index (χ1) is 12.8. The number of benzene rings is 1. The third-order valence-corrected chi connectivity index (χ3v) is 4.73. The molecular weight excluding hydrogens is 344 g/mol. The van der Waals surface area contributed by atoms with Crippen molar-refractivity contribution in [1.29, 1.82) is 0 Å². The Bertz CT molecular complexity index is 979. The van der Waals surface area contributed by atoms with Gasteiger partial charge >= 0.3 is 11.9 Å². The van der Waals surface area contributed by atoms with Crippen molar-refractivity contribution >= 4 is 29.0 Å². The number of rotatable bonds is 4. The number of nitrogens with one attached hydrogen (secondary N) is 2. The maximum Gasteiger partial charge on any atom is 0.335 e. The molecule has 0 spiro atoms. The fraction of sp³-hybridized carbons (Fsp3) is 0.300. The maximum atomic E-state index is 12.5. The van der Waals surface area contributed by atoms with Gasteiger partial charge < -0.3 is 15.3 Å². The van der Waals surface area contributed by atoms with E-state index in [1.54, 1.807) is 12.1 Å². The van der Waals surface area contributed by atoms with Gasteiger partial charge in [0.15, 0.2) is 0 Å². The summed E-state index contributed by atoms with van der Waals surface area (Å²) >= 11 is 0. The van der Waals surface area contributed by atoms with Crippen LogP contribution in [0.15, 0.2) is 30.5 Å². The lowest BCUT2D eigenvalue weighted by Crippen LogP contribution is -2.17. The molecule has 1 aliphatic carbocycles. The molecule has 1 aliphatic rings. The van der Waals surface area contributed by atoms with Crippen LogP contribution in [0.25, 0.3) is 10.4 Å². The second-order valence-electron chi connectivity index (χ2n) is 7.35. The number of carbonyl (C=O) groups is 2. The molecular formula is C20H20N4O3. The number of aromatic nitrogens is 2. The van der Waals surface area contributed by atoms with E-state index in [0.717, 1.165) is 24.8 Å². The number of nitrogens with zero attached hydrogens (tertiary/aromatic N) is 2. The normalized spacial score (nSPS) is 15.5. The van der Waals surface area contributed by atoms with Gasteiger partial charge in [0.25, 0.3) is 5.82 Å². The first-order valence-electron chi connectivity index (χ1n) is 8.60. The van der Waals surface area contributed by atoms with Crippen LogP contribution in [0.1, 0.15) is 59.7 Å². The summed E-state index contributed by atoms with van der Waals surface area (Å²) in [7, 11) is 0. The van der Waals surface area contributed by atoms with E-state index in [0.29, 0.717) is 11.3 Å². The van der Waals surface area contributed by atoms with Crippen LogP contribution in [0.3, 0.4) is 0 Å². The molecule has 1 amide bonds. The summed E-state index contributed by atoms with van der Waals surface area (Å²) in [5, 5.41) is 12.1. The molecule has 0 saturated heterocycles. The van der Waals surface area contributed by atoms with Crippen molar-refractivity contribution in [3.05, 3.63) is 58.8 Å². The zero-order chi connectivity index (χ0) is 19.6. The van der Waals surface area contributed by atoms with Gasteiger partial charge in [-0.05, 0) is 48.4 Å². The fourth-order valence-electron chi connectivity index (χ4n) is 3.04. The molecule has 0 bridgehead atoms. The van der Waals surface area contributed by atoms with Crippen LogP contribution in [-0.2, 0) is 0 Å². The molecule has 0 unspecified atom stereocenters. The van der Waals surface area contributed by atoms with Gasteiger partial charge in [-0.1, -0.05) is 26.5 Å². The largest absolute Gasteiger partial charge is 0.478 e. The first kappa shape index (κ1) is 18.4. The number of carboxylic acid groups (broad SMARTS) is 1. The molecule has 0 aliphatic heterocycles. The molecule has 7 nitrogen and oxygen atoms in total. The Balaban J connectivity index is 1.95. The predicted octanol–water partition coefficient (Wildman–Crippen LogP) is 4.50. The summed E-state index contributed by atoms with van der Waals surface area (Å²) in [5.74, 6) is -1.28. The number of imidazole rings is 1. The number of carbonyl (C=O) groups excluding carboxylic acids is 1. The topological polar surface area (TPSA) is 99.4 Å². The Labute approximate surface area is 157 Å². The van der Waals surface area contributed by atoms with E-state index >= 15 is 0 Å². The van der Waals surface area contributed by atoms with Crippen molar-refractivity contribution in [3.63, 3.8) is 0 Å². The number of H-pyrrole nitrogens is 1.